The van der Waals surface area contributed by atoms with Crippen LogP contribution in [0.15, 0.2) is 41.4 Å². The number of benzene rings is 1. The highest BCUT2D eigenvalue weighted by Gasteiger charge is 2.21. The van der Waals surface area contributed by atoms with Gasteiger partial charge in [-0.25, -0.2) is 9.79 Å². The zero-order valence-electron chi connectivity index (χ0n) is 16.0. The Morgan fingerprint density at radius 3 is 2.67 bits per heavy atom. The van der Waals surface area contributed by atoms with E-state index in [1.54, 1.807) is 4.90 Å². The van der Waals surface area contributed by atoms with Crippen molar-refractivity contribution in [3.63, 3.8) is 0 Å². The van der Waals surface area contributed by atoms with E-state index >= 15 is 0 Å². The molecular weight excluding hydrogens is 340 g/mol. The summed E-state index contributed by atoms with van der Waals surface area (Å²) in [6.07, 6.45) is 6.15. The van der Waals surface area contributed by atoms with E-state index in [9.17, 15) is 4.79 Å². The molecule has 1 saturated heterocycles. The maximum absolute atomic E-state index is 11.3. The van der Waals surface area contributed by atoms with Crippen LogP contribution in [0.3, 0.4) is 0 Å². The first kappa shape index (κ1) is 19.1. The van der Waals surface area contributed by atoms with Crippen LogP contribution in [0.2, 0.25) is 0 Å². The van der Waals surface area contributed by atoms with E-state index in [0.29, 0.717) is 25.7 Å². The maximum Gasteiger partial charge on any atom is 0.314 e. The lowest BCUT2D eigenvalue weighted by Crippen LogP contribution is -2.50. The molecule has 3 rings (SSSR count). The van der Waals surface area contributed by atoms with Gasteiger partial charge in [-0.1, -0.05) is 24.3 Å². The summed E-state index contributed by atoms with van der Waals surface area (Å²) in [5.41, 5.74) is 7.79. The molecule has 0 aliphatic carbocycles. The van der Waals surface area contributed by atoms with Crippen LogP contribution in [0.1, 0.15) is 25.3 Å². The van der Waals surface area contributed by atoms with Crippen molar-refractivity contribution < 1.29 is 4.79 Å². The standard InChI is InChI=1S/C20H30N6O/c1-2-22-20(24-17-8-12-26(13-9-17)19(21)27)23-15-16-6-5-7-18(14-16)25-10-3-4-11-25/h3-7,14,17H,2,8-13,15H2,1H3,(H2,21,27)(H2,22,23,24). The molecule has 7 nitrogen and oxygen atoms in total. The predicted octanol–water partition coefficient (Wildman–Crippen LogP) is 1.66. The van der Waals surface area contributed by atoms with Crippen LogP contribution in [-0.4, -0.2) is 55.7 Å². The summed E-state index contributed by atoms with van der Waals surface area (Å²) in [6.45, 7) is 6.84. The van der Waals surface area contributed by atoms with Crippen molar-refractivity contribution in [1.29, 1.82) is 0 Å². The highest BCUT2D eigenvalue weighted by atomic mass is 16.2. The van der Waals surface area contributed by atoms with Gasteiger partial charge >= 0.3 is 6.03 Å². The number of hydrogen-bond donors (Lipinski definition) is 3. The molecule has 2 aliphatic rings. The lowest BCUT2D eigenvalue weighted by molar-refractivity contribution is 0.188. The Morgan fingerprint density at radius 1 is 1.26 bits per heavy atom. The number of guanidine groups is 1. The first-order valence-corrected chi connectivity index (χ1v) is 9.74. The van der Waals surface area contributed by atoms with Crippen LogP contribution in [-0.2, 0) is 6.54 Å². The number of anilines is 1. The molecule has 1 aromatic carbocycles. The largest absolute Gasteiger partial charge is 0.364 e. The fourth-order valence-electron chi connectivity index (χ4n) is 3.47. The fraction of sp³-hybridized carbons (Fsp3) is 0.500. The Hall–Kier alpha value is -2.70. The second-order valence-corrected chi connectivity index (χ2v) is 6.99. The van der Waals surface area contributed by atoms with E-state index in [1.807, 2.05) is 0 Å². The SMILES string of the molecule is CCNC(=NCc1cccc(N2CC=CC2)c1)NC1CCN(C(N)=O)CC1. The van der Waals surface area contributed by atoms with Crippen LogP contribution in [0.25, 0.3) is 0 Å². The number of primary amides is 1. The third-order valence-electron chi connectivity index (χ3n) is 5.01. The summed E-state index contributed by atoms with van der Waals surface area (Å²) in [7, 11) is 0. The second kappa shape index (κ2) is 9.30. The first-order chi connectivity index (χ1) is 13.2. The number of aliphatic imine (C=N–C) groups is 1. The third-order valence-corrected chi connectivity index (χ3v) is 5.01. The first-order valence-electron chi connectivity index (χ1n) is 9.74. The molecule has 27 heavy (non-hydrogen) atoms. The summed E-state index contributed by atoms with van der Waals surface area (Å²) < 4.78 is 0. The van der Waals surface area contributed by atoms with Crippen molar-refractivity contribution in [2.24, 2.45) is 10.7 Å². The van der Waals surface area contributed by atoms with Crippen molar-refractivity contribution in [2.75, 3.05) is 37.6 Å². The number of nitrogens with zero attached hydrogens (tertiary/aromatic N) is 3. The van der Waals surface area contributed by atoms with Gasteiger partial charge in [0.25, 0.3) is 0 Å². The molecule has 7 heteroatoms. The van der Waals surface area contributed by atoms with Crippen LogP contribution in [0, 0.1) is 0 Å². The van der Waals surface area contributed by atoms with Gasteiger partial charge in [0.1, 0.15) is 0 Å². The second-order valence-electron chi connectivity index (χ2n) is 6.99. The van der Waals surface area contributed by atoms with Crippen LogP contribution in [0.5, 0.6) is 0 Å². The van der Waals surface area contributed by atoms with Gasteiger partial charge in [-0.3, -0.25) is 0 Å². The number of carbonyl (C=O) groups is 1. The Kier molecular flexibility index (Phi) is 6.57. The highest BCUT2D eigenvalue weighted by Crippen LogP contribution is 2.19. The fourth-order valence-corrected chi connectivity index (χ4v) is 3.47. The molecule has 1 fully saturated rings. The van der Waals surface area contributed by atoms with Crippen molar-refractivity contribution >= 4 is 17.7 Å². The molecule has 146 valence electrons. The molecule has 0 unspecified atom stereocenters. The van der Waals surface area contributed by atoms with Gasteiger partial charge in [-0.05, 0) is 37.5 Å². The third kappa shape index (κ3) is 5.39. The molecule has 4 N–H and O–H groups in total. The zero-order valence-corrected chi connectivity index (χ0v) is 16.0. The van der Waals surface area contributed by atoms with Gasteiger partial charge < -0.3 is 26.2 Å². The van der Waals surface area contributed by atoms with Crippen molar-refractivity contribution in [3.05, 3.63) is 42.0 Å². The molecular formula is C20H30N6O. The number of piperidine rings is 1. The van der Waals surface area contributed by atoms with Crippen molar-refractivity contribution in [2.45, 2.75) is 32.4 Å². The Bertz CT molecular complexity index is 685. The normalized spacial score (nSPS) is 18.0. The van der Waals surface area contributed by atoms with E-state index in [0.717, 1.165) is 38.4 Å². The number of likely N-dealkylation sites (tertiary alicyclic amines) is 1. The van der Waals surface area contributed by atoms with E-state index < -0.39 is 0 Å². The monoisotopic (exact) mass is 370 g/mol. The van der Waals surface area contributed by atoms with E-state index in [2.05, 4.69) is 58.9 Å². The average molecular weight is 371 g/mol. The molecule has 1 aromatic rings. The predicted molar refractivity (Wildman–Crippen MR) is 110 cm³/mol. The molecule has 0 saturated carbocycles. The zero-order chi connectivity index (χ0) is 19.1. The number of hydrogen-bond acceptors (Lipinski definition) is 3. The lowest BCUT2D eigenvalue weighted by atomic mass is 10.1. The number of nitrogens with two attached hydrogens (primary N) is 1. The summed E-state index contributed by atoms with van der Waals surface area (Å²) >= 11 is 0. The van der Waals surface area contributed by atoms with Gasteiger partial charge in [-0.2, -0.15) is 0 Å². The minimum atomic E-state index is -0.331. The van der Waals surface area contributed by atoms with Crippen LogP contribution < -0.4 is 21.3 Å². The molecule has 0 radical (unpaired) electrons. The van der Waals surface area contributed by atoms with E-state index in [4.69, 9.17) is 10.7 Å². The molecule has 2 heterocycles. The van der Waals surface area contributed by atoms with Gasteiger partial charge in [0.15, 0.2) is 5.96 Å². The maximum atomic E-state index is 11.3. The van der Waals surface area contributed by atoms with E-state index in [1.165, 1.54) is 11.3 Å². The number of rotatable bonds is 5. The minimum Gasteiger partial charge on any atom is -0.364 e. The highest BCUT2D eigenvalue weighted by molar-refractivity contribution is 5.80. The van der Waals surface area contributed by atoms with Gasteiger partial charge in [0, 0.05) is 44.5 Å². The quantitative estimate of drug-likeness (QED) is 0.418. The molecule has 2 amide bonds. The van der Waals surface area contributed by atoms with Gasteiger partial charge in [-0.15, -0.1) is 0 Å². The van der Waals surface area contributed by atoms with Crippen molar-refractivity contribution in [3.8, 4) is 0 Å². The molecule has 0 bridgehead atoms. The molecule has 0 atom stereocenters. The number of nitrogens with one attached hydrogen (secondary N) is 2. The molecule has 0 aromatic heterocycles. The lowest BCUT2D eigenvalue weighted by Gasteiger charge is -2.32. The molecule has 2 aliphatic heterocycles. The van der Waals surface area contributed by atoms with E-state index in [-0.39, 0.29) is 6.03 Å². The topological polar surface area (TPSA) is 86.0 Å². The summed E-state index contributed by atoms with van der Waals surface area (Å²) in [5.74, 6) is 0.822. The Balaban J connectivity index is 1.57. The minimum absolute atomic E-state index is 0.306. The number of urea groups is 1. The smallest absolute Gasteiger partial charge is 0.314 e. The van der Waals surface area contributed by atoms with Crippen molar-refractivity contribution in [1.82, 2.24) is 15.5 Å². The van der Waals surface area contributed by atoms with Gasteiger partial charge in [0.2, 0.25) is 0 Å². The Morgan fingerprint density at radius 2 is 2.00 bits per heavy atom. The average Bonchev–Trinajstić information content (AvgIpc) is 3.22. The summed E-state index contributed by atoms with van der Waals surface area (Å²) in [4.78, 5) is 20.0. The number of carbonyl (C=O) groups excluding carboxylic acids is 1. The summed E-state index contributed by atoms with van der Waals surface area (Å²) in [5, 5.41) is 6.81. The Labute approximate surface area is 161 Å². The van der Waals surface area contributed by atoms with Gasteiger partial charge in [0.05, 0.1) is 6.54 Å². The summed E-state index contributed by atoms with van der Waals surface area (Å²) in [6, 6.07) is 8.55. The molecule has 0 spiro atoms. The van der Waals surface area contributed by atoms with Crippen LogP contribution >= 0.6 is 0 Å². The van der Waals surface area contributed by atoms with Crippen LogP contribution in [0.4, 0.5) is 10.5 Å². The number of amides is 2.